The van der Waals surface area contributed by atoms with Gasteiger partial charge < -0.3 is 154 Å². The van der Waals surface area contributed by atoms with Gasteiger partial charge >= 0.3 is 35.4 Å². The number of carbonyl (C=O) groups is 4. The van der Waals surface area contributed by atoms with E-state index in [1.165, 1.54) is 18.2 Å². The monoisotopic (exact) mass is 1350 g/mol. The number of carboxylic acid groups (broad SMARTS) is 2. The van der Waals surface area contributed by atoms with Gasteiger partial charge in [0.25, 0.3) is 0 Å². The third kappa shape index (κ3) is 14.1. The van der Waals surface area contributed by atoms with Crippen LogP contribution in [0.3, 0.4) is 0 Å². The minimum atomic E-state index is -2.45. The number of carboxylic acids is 1. The molecule has 0 saturated carbocycles. The molecule has 19 N–H and O–H groups in total. The van der Waals surface area contributed by atoms with Crippen LogP contribution in [0.4, 0.5) is 4.79 Å². The number of hydrogen-bond donors (Lipinski definition) is 19. The largest absolute Gasteiger partial charge is 0.508 e. The van der Waals surface area contributed by atoms with Gasteiger partial charge in [0.2, 0.25) is 35.8 Å². The predicted molar refractivity (Wildman–Crippen MR) is 300 cm³/mol. The highest BCUT2D eigenvalue weighted by molar-refractivity contribution is 5.92. The van der Waals surface area contributed by atoms with Crippen molar-refractivity contribution in [3.8, 4) is 74.4 Å². The highest BCUT2D eigenvalue weighted by Gasteiger charge is 2.54. The van der Waals surface area contributed by atoms with Crippen molar-refractivity contribution < 1.29 is 177 Å². The molecule has 0 aliphatic carbocycles. The molecule has 0 radical (unpaired) electrons. The second kappa shape index (κ2) is 28.0. The van der Waals surface area contributed by atoms with E-state index in [-0.39, 0.29) is 33.6 Å². The van der Waals surface area contributed by atoms with E-state index >= 15 is 0 Å². The number of phenols is 6. The molecular formula is C58H59O37+. The van der Waals surface area contributed by atoms with E-state index in [4.69, 9.17) is 60.9 Å². The van der Waals surface area contributed by atoms with Crippen LogP contribution >= 0.6 is 0 Å². The lowest BCUT2D eigenvalue weighted by atomic mass is 9.97. The number of benzene rings is 4. The topological polar surface area (TPSA) is 596 Å². The summed E-state index contributed by atoms with van der Waals surface area (Å²) in [5, 5.41) is 200. The number of aliphatic hydroxyl groups excluding tert-OH is 11. The smallest absolute Gasteiger partial charge is 0.506 e. The normalized spacial score (nSPS) is 30.9. The Hall–Kier alpha value is -9.26. The number of rotatable bonds is 19. The first-order chi connectivity index (χ1) is 45.0. The molecule has 4 saturated heterocycles. The zero-order valence-electron chi connectivity index (χ0n) is 48.1. The summed E-state index contributed by atoms with van der Waals surface area (Å²) in [5.74, 6) is -11.7. The fourth-order valence-electron chi connectivity index (χ4n) is 10.6. The summed E-state index contributed by atoms with van der Waals surface area (Å²) >= 11 is 0. The lowest BCUT2D eigenvalue weighted by molar-refractivity contribution is -0.358. The summed E-state index contributed by atoms with van der Waals surface area (Å²) < 4.78 is 72.8. The molecule has 6 aromatic rings. The van der Waals surface area contributed by atoms with Crippen molar-refractivity contribution in [3.63, 3.8) is 0 Å². The Bertz CT molecular complexity index is 3880. The summed E-state index contributed by atoms with van der Waals surface area (Å²) in [6, 6.07) is 12.5. The van der Waals surface area contributed by atoms with Crippen molar-refractivity contribution in [3.05, 3.63) is 83.0 Å². The number of esters is 2. The number of ether oxygens (including phenoxy) is 11. The molecule has 95 heavy (non-hydrogen) atoms. The average molecular weight is 1350 g/mol. The Morgan fingerprint density at radius 2 is 1.16 bits per heavy atom. The van der Waals surface area contributed by atoms with Gasteiger partial charge in [0.05, 0.1) is 24.8 Å². The predicted octanol–water partition coefficient (Wildman–Crippen LogP) is -3.27. The van der Waals surface area contributed by atoms with Gasteiger partial charge in [-0.15, -0.1) is 0 Å². The molecule has 4 aromatic carbocycles. The van der Waals surface area contributed by atoms with Crippen LogP contribution in [0.2, 0.25) is 0 Å². The van der Waals surface area contributed by atoms with E-state index in [0.29, 0.717) is 6.07 Å². The zero-order chi connectivity index (χ0) is 68.8. The van der Waals surface area contributed by atoms with Crippen LogP contribution in [-0.4, -0.2) is 264 Å². The van der Waals surface area contributed by atoms with Crippen LogP contribution in [0.25, 0.3) is 44.6 Å². The molecule has 10 rings (SSSR count). The van der Waals surface area contributed by atoms with Crippen LogP contribution in [0.15, 0.2) is 86.4 Å². The second-order valence-electron chi connectivity index (χ2n) is 21.8. The second-order valence-corrected chi connectivity index (χ2v) is 21.8. The minimum absolute atomic E-state index is 0.0449. The Morgan fingerprint density at radius 3 is 1.82 bits per heavy atom. The Morgan fingerprint density at radius 1 is 0.516 bits per heavy atom. The van der Waals surface area contributed by atoms with Crippen molar-refractivity contribution in [2.45, 2.75) is 129 Å². The van der Waals surface area contributed by atoms with Gasteiger partial charge in [-0.25, -0.2) is 14.0 Å². The summed E-state index contributed by atoms with van der Waals surface area (Å²) in [6.45, 7) is -3.05. The summed E-state index contributed by atoms with van der Waals surface area (Å²) in [4.78, 5) is 65.7. The van der Waals surface area contributed by atoms with E-state index < -0.39 is 241 Å². The van der Waals surface area contributed by atoms with Crippen LogP contribution in [0.1, 0.15) is 6.42 Å². The van der Waals surface area contributed by atoms with Crippen molar-refractivity contribution >= 4 is 46.0 Å². The number of aliphatic hydroxyl groups is 11. The lowest BCUT2D eigenvalue weighted by Gasteiger charge is -2.45. The molecule has 512 valence electrons. The molecule has 2 aromatic heterocycles. The quantitative estimate of drug-likeness (QED) is 0.0124. The van der Waals surface area contributed by atoms with Gasteiger partial charge in [-0.1, -0.05) is 0 Å². The maximum absolute atomic E-state index is 14.7. The fourth-order valence-corrected chi connectivity index (χ4v) is 10.6. The van der Waals surface area contributed by atoms with Crippen LogP contribution in [0, 0.1) is 0 Å². The molecule has 37 nitrogen and oxygen atoms in total. The Kier molecular flexibility index (Phi) is 20.2. The standard InChI is InChI=1S/C58H58O37/c59-14-30-36(69)40(73)44(77)54(88-30)94-52-41(74)37(70)31(15-60)89-57(52)92-49-39(72)35-26(66)10-21(11-28(35)86-47(49)17-1-4-19(61)5-2-17)84-56-51(43(76)42(75)50(93-56)53(79)80)91-34(68)13-33(67)83-16-32-38(71)48(95-58(81)82)45(78)55(90-32)87-29-12-22-24(64)8-20(62)9-27(22)85-46(29)18-3-6-23(63)25(65)7-18/h1-12,30-32,36-38,40-45,48,50-52,54-57,59-60,69-71,73-78H,13-16H2,(H7-,61,62,63,64,65,66,72,79,80,81,82)/p+1/t30-,31-,32-,36+,37+,38+,40-,41-,42-,43-,44+,45+,48-,50+,51+,52+,54-,55+,56+,57-/m0/s1. The molecule has 6 heterocycles. The molecular weight excluding hydrogens is 1290 g/mol. The number of aliphatic carboxylic acids is 1. The molecule has 0 unspecified atom stereocenters. The van der Waals surface area contributed by atoms with Gasteiger partial charge in [0, 0.05) is 35.9 Å². The molecule has 37 heteroatoms. The third-order valence-corrected chi connectivity index (χ3v) is 15.4. The number of fused-ring (bicyclic) bond motifs is 2. The first kappa shape index (κ1) is 68.6. The highest BCUT2D eigenvalue weighted by Crippen LogP contribution is 2.44. The first-order valence-corrected chi connectivity index (χ1v) is 28.1. The van der Waals surface area contributed by atoms with Gasteiger partial charge in [0.1, 0.15) is 125 Å². The molecule has 20 atom stereocenters. The van der Waals surface area contributed by atoms with E-state index in [1.807, 2.05) is 0 Å². The van der Waals surface area contributed by atoms with Gasteiger partial charge in [-0.3, -0.25) is 14.4 Å². The zero-order valence-corrected chi connectivity index (χ0v) is 48.1. The number of hydrogen-bond acceptors (Lipinski definition) is 34. The summed E-state index contributed by atoms with van der Waals surface area (Å²) in [5.41, 5.74) is -2.25. The van der Waals surface area contributed by atoms with E-state index in [9.17, 15) is 121 Å². The molecule has 4 fully saturated rings. The minimum Gasteiger partial charge on any atom is -0.508 e. The first-order valence-electron chi connectivity index (χ1n) is 28.1. The highest BCUT2D eigenvalue weighted by atomic mass is 16.8. The average Bonchev–Trinajstić information content (AvgIpc) is 0.764. The van der Waals surface area contributed by atoms with Crippen molar-refractivity contribution in [2.75, 3.05) is 19.8 Å². The lowest BCUT2D eigenvalue weighted by Crippen LogP contribution is -2.65. The molecule has 4 aliphatic rings. The Balaban J connectivity index is 0.889. The van der Waals surface area contributed by atoms with Crippen molar-refractivity contribution in [1.29, 1.82) is 0 Å². The number of phenolic OH excluding ortho intramolecular Hbond substituents is 6. The maximum Gasteiger partial charge on any atom is 0.506 e. The van der Waals surface area contributed by atoms with Crippen molar-refractivity contribution in [2.24, 2.45) is 0 Å². The van der Waals surface area contributed by atoms with E-state index in [0.717, 1.165) is 48.5 Å². The van der Waals surface area contributed by atoms with Crippen LogP contribution in [0.5, 0.6) is 51.7 Å². The summed E-state index contributed by atoms with van der Waals surface area (Å²) in [6.07, 6.45) is -45.6. The van der Waals surface area contributed by atoms with Crippen LogP contribution in [-0.2, 0) is 52.3 Å². The Labute approximate surface area is 528 Å². The summed E-state index contributed by atoms with van der Waals surface area (Å²) in [7, 11) is 0. The SMILES string of the molecule is O=C(O)O[C@@H]1[C@@H](O)[C@H](Oc2cc3c(O)cc(O)cc3[o+]c2-c2ccc(O)c(O)c2)O[C@@H](COC(=O)CC(=O)O[C@H]2[C@H](Oc3cc(O)c4c(=O)c(O[C@@H]5O[C@@H](CO)[C@@H](O)[C@H](O)[C@H]5O[C@@H]5O[C@@H](CO)[C@@H](O)[C@H](O)[C@H]5O)c(-c5ccc(O)cc5)oc4c3)O[C@@H](C(=O)O)[C@@H](O)[C@@H]2O)[C@H]1O. The van der Waals surface area contributed by atoms with E-state index in [2.05, 4.69) is 0 Å². The van der Waals surface area contributed by atoms with Gasteiger partial charge in [-0.05, 0) is 36.4 Å². The third-order valence-electron chi connectivity index (χ3n) is 15.4. The molecule has 4 aliphatic heterocycles. The van der Waals surface area contributed by atoms with Gasteiger partial charge in [0.15, 0.2) is 54.1 Å². The van der Waals surface area contributed by atoms with Crippen molar-refractivity contribution in [1.82, 2.24) is 0 Å². The molecule has 0 bridgehead atoms. The molecule has 0 amide bonds. The maximum atomic E-state index is 14.7. The van der Waals surface area contributed by atoms with Gasteiger partial charge in [-0.2, -0.15) is 0 Å². The molecule has 0 spiro atoms. The number of carbonyl (C=O) groups excluding carboxylic acids is 2. The van der Waals surface area contributed by atoms with E-state index in [1.54, 1.807) is 0 Å². The van der Waals surface area contributed by atoms with Crippen LogP contribution < -0.4 is 19.6 Å². The number of aromatic hydroxyl groups is 6. The fraction of sp³-hybridized carbons (Fsp3) is 0.414.